The lowest BCUT2D eigenvalue weighted by Gasteiger charge is -2.09. The summed E-state index contributed by atoms with van der Waals surface area (Å²) >= 11 is 1.66. The second-order valence-electron chi connectivity index (χ2n) is 6.84. The van der Waals surface area contributed by atoms with Gasteiger partial charge in [-0.15, -0.1) is 11.8 Å². The lowest BCUT2D eigenvalue weighted by molar-refractivity contribution is 0.372. The predicted octanol–water partition coefficient (Wildman–Crippen LogP) is 4.44. The van der Waals surface area contributed by atoms with Crippen LogP contribution in [0, 0.1) is 11.6 Å². The monoisotopic (exact) mass is 472 g/mol. The molecule has 5 N–H and O–H groups in total. The second-order valence-corrected chi connectivity index (χ2v) is 7.72. The molecule has 4 aromatic rings. The van der Waals surface area contributed by atoms with Crippen molar-refractivity contribution >= 4 is 28.9 Å². The number of methoxy groups -OCH3 is 1. The first-order valence-corrected chi connectivity index (χ1v) is 11.4. The lowest BCUT2D eigenvalue weighted by atomic mass is 10.1. The number of aromatic nitrogens is 3. The Morgan fingerprint density at radius 1 is 1.03 bits per heavy atom. The fraction of sp³-hybridized carbons (Fsp3) is 0.217. The number of halogens is 2. The second kappa shape index (κ2) is 11.6. The zero-order chi connectivity index (χ0) is 23.8. The molecule has 0 atom stereocenters. The molecule has 0 bridgehead atoms. The number of ether oxygens (including phenoxy) is 1. The molecule has 7 nitrogen and oxygen atoms in total. The van der Waals surface area contributed by atoms with Gasteiger partial charge in [0.2, 0.25) is 5.82 Å². The molecule has 0 saturated heterocycles. The van der Waals surface area contributed by atoms with E-state index in [2.05, 4.69) is 15.3 Å². The summed E-state index contributed by atoms with van der Waals surface area (Å²) in [6.45, 7) is 1.44. The van der Waals surface area contributed by atoms with Crippen LogP contribution in [-0.4, -0.2) is 40.8 Å². The number of nitrogens with one attached hydrogen (secondary N) is 1. The van der Waals surface area contributed by atoms with E-state index in [-0.39, 0.29) is 11.3 Å². The largest absolute Gasteiger partial charge is 0.494 e. The number of imidazole rings is 1. The molecular weight excluding hydrogens is 446 g/mol. The number of nitrogens with two attached hydrogens (primary N) is 2. The van der Waals surface area contributed by atoms with Crippen LogP contribution in [0.4, 0.5) is 20.3 Å². The van der Waals surface area contributed by atoms with Gasteiger partial charge in [-0.3, -0.25) is 4.40 Å². The SMILES string of the molecule is COc1ccc(-c2cnc3c(Nc4ccc(SC)cc4)nccn23)c(F)c1F.NCCCN. The van der Waals surface area contributed by atoms with Crippen LogP contribution in [0.15, 0.2) is 59.9 Å². The summed E-state index contributed by atoms with van der Waals surface area (Å²) in [7, 11) is 1.29. The van der Waals surface area contributed by atoms with Gasteiger partial charge in [-0.25, -0.2) is 14.4 Å². The van der Waals surface area contributed by atoms with E-state index in [0.29, 0.717) is 17.2 Å². The maximum atomic E-state index is 14.5. The molecular formula is C23H26F2N6OS. The van der Waals surface area contributed by atoms with Crippen LogP contribution in [0.5, 0.6) is 5.75 Å². The van der Waals surface area contributed by atoms with Gasteiger partial charge in [-0.05, 0) is 62.2 Å². The normalized spacial score (nSPS) is 10.6. The lowest BCUT2D eigenvalue weighted by Crippen LogP contribution is -2.06. The average Bonchev–Trinajstić information content (AvgIpc) is 3.27. The fourth-order valence-electron chi connectivity index (χ4n) is 3.02. The number of fused-ring (bicyclic) bond motifs is 1. The molecule has 0 aliphatic rings. The minimum absolute atomic E-state index is 0.0901. The van der Waals surface area contributed by atoms with Gasteiger partial charge in [0, 0.05) is 28.5 Å². The Labute approximate surface area is 195 Å². The number of anilines is 2. The molecule has 0 aliphatic carbocycles. The summed E-state index contributed by atoms with van der Waals surface area (Å²) in [4.78, 5) is 9.83. The highest BCUT2D eigenvalue weighted by molar-refractivity contribution is 7.98. The molecule has 0 aliphatic heterocycles. The summed E-state index contributed by atoms with van der Waals surface area (Å²) in [5, 5.41) is 3.22. The number of benzene rings is 2. The number of rotatable bonds is 7. The third-order valence-electron chi connectivity index (χ3n) is 4.73. The Morgan fingerprint density at radius 2 is 1.76 bits per heavy atom. The summed E-state index contributed by atoms with van der Waals surface area (Å²) in [5.41, 5.74) is 12.0. The highest BCUT2D eigenvalue weighted by atomic mass is 32.2. The molecule has 33 heavy (non-hydrogen) atoms. The van der Waals surface area contributed by atoms with Crippen molar-refractivity contribution in [1.82, 2.24) is 14.4 Å². The van der Waals surface area contributed by atoms with E-state index >= 15 is 0 Å². The van der Waals surface area contributed by atoms with E-state index in [0.717, 1.165) is 30.1 Å². The molecule has 0 radical (unpaired) electrons. The number of hydrogen-bond acceptors (Lipinski definition) is 7. The minimum Gasteiger partial charge on any atom is -0.494 e. The van der Waals surface area contributed by atoms with Crippen LogP contribution >= 0.6 is 11.8 Å². The first-order valence-electron chi connectivity index (χ1n) is 10.2. The van der Waals surface area contributed by atoms with Crippen molar-refractivity contribution in [3.05, 3.63) is 66.6 Å². The van der Waals surface area contributed by atoms with Gasteiger partial charge in [0.05, 0.1) is 19.0 Å². The van der Waals surface area contributed by atoms with E-state index in [1.807, 2.05) is 30.5 Å². The van der Waals surface area contributed by atoms with Crippen LogP contribution in [0.25, 0.3) is 16.9 Å². The predicted molar refractivity (Wildman–Crippen MR) is 129 cm³/mol. The Kier molecular flexibility index (Phi) is 8.58. The molecule has 2 aromatic heterocycles. The molecule has 2 aromatic carbocycles. The van der Waals surface area contributed by atoms with Gasteiger partial charge in [-0.2, -0.15) is 4.39 Å². The van der Waals surface area contributed by atoms with Crippen molar-refractivity contribution in [3.8, 4) is 17.0 Å². The maximum absolute atomic E-state index is 14.5. The van der Waals surface area contributed by atoms with E-state index < -0.39 is 11.6 Å². The van der Waals surface area contributed by atoms with Gasteiger partial charge < -0.3 is 21.5 Å². The molecule has 0 fully saturated rings. The fourth-order valence-corrected chi connectivity index (χ4v) is 3.43. The molecule has 0 amide bonds. The Balaban J connectivity index is 0.000000555. The topological polar surface area (TPSA) is 103 Å². The minimum atomic E-state index is -1.03. The Hall–Kier alpha value is -3.21. The molecule has 0 spiro atoms. The maximum Gasteiger partial charge on any atom is 0.201 e. The van der Waals surface area contributed by atoms with Crippen LogP contribution in [0.1, 0.15) is 6.42 Å². The summed E-state index contributed by atoms with van der Waals surface area (Å²) in [5.74, 6) is -1.65. The zero-order valence-corrected chi connectivity index (χ0v) is 19.2. The van der Waals surface area contributed by atoms with Crippen molar-refractivity contribution in [3.63, 3.8) is 0 Å². The highest BCUT2D eigenvalue weighted by Gasteiger charge is 2.19. The van der Waals surface area contributed by atoms with Crippen molar-refractivity contribution in [2.24, 2.45) is 11.5 Å². The first kappa shape index (κ1) is 24.4. The number of thioether (sulfide) groups is 1. The first-order chi connectivity index (χ1) is 16.0. The van der Waals surface area contributed by atoms with Gasteiger partial charge in [0.1, 0.15) is 0 Å². The molecule has 0 saturated carbocycles. The van der Waals surface area contributed by atoms with Crippen molar-refractivity contribution in [1.29, 1.82) is 0 Å². The van der Waals surface area contributed by atoms with E-state index in [9.17, 15) is 8.78 Å². The van der Waals surface area contributed by atoms with Gasteiger partial charge in [0.15, 0.2) is 23.0 Å². The van der Waals surface area contributed by atoms with Crippen LogP contribution in [0.2, 0.25) is 0 Å². The average molecular weight is 473 g/mol. The summed E-state index contributed by atoms with van der Waals surface area (Å²) < 4.78 is 35.1. The quantitative estimate of drug-likeness (QED) is 0.342. The molecule has 2 heterocycles. The van der Waals surface area contributed by atoms with Crippen LogP contribution < -0.4 is 21.5 Å². The van der Waals surface area contributed by atoms with Gasteiger partial charge in [-0.1, -0.05) is 0 Å². The van der Waals surface area contributed by atoms with Crippen molar-refractivity contribution < 1.29 is 13.5 Å². The van der Waals surface area contributed by atoms with E-state index in [1.165, 1.54) is 25.4 Å². The van der Waals surface area contributed by atoms with E-state index in [1.54, 1.807) is 28.6 Å². The zero-order valence-electron chi connectivity index (χ0n) is 18.4. The molecule has 10 heteroatoms. The number of nitrogens with zero attached hydrogens (tertiary/aromatic N) is 3. The molecule has 4 rings (SSSR count). The summed E-state index contributed by atoms with van der Waals surface area (Å²) in [6.07, 6.45) is 7.68. The van der Waals surface area contributed by atoms with Crippen LogP contribution in [-0.2, 0) is 0 Å². The Morgan fingerprint density at radius 3 is 2.36 bits per heavy atom. The highest BCUT2D eigenvalue weighted by Crippen LogP contribution is 2.31. The van der Waals surface area contributed by atoms with Gasteiger partial charge in [0.25, 0.3) is 0 Å². The molecule has 174 valence electrons. The Bertz CT molecular complexity index is 1200. The van der Waals surface area contributed by atoms with Gasteiger partial charge >= 0.3 is 0 Å². The molecule has 0 unspecified atom stereocenters. The smallest absolute Gasteiger partial charge is 0.201 e. The van der Waals surface area contributed by atoms with Crippen molar-refractivity contribution in [2.75, 3.05) is 31.8 Å². The van der Waals surface area contributed by atoms with Crippen LogP contribution in [0.3, 0.4) is 0 Å². The third-order valence-corrected chi connectivity index (χ3v) is 5.48. The van der Waals surface area contributed by atoms with Crippen molar-refractivity contribution in [2.45, 2.75) is 11.3 Å². The third kappa shape index (κ3) is 5.59. The van der Waals surface area contributed by atoms with E-state index in [4.69, 9.17) is 16.2 Å². The standard InChI is InChI=1S/C20H16F2N4OS.C3H10N2/c1-27-16-8-7-14(17(21)18(16)22)15-11-24-20-19(23-9-10-26(15)20)25-12-3-5-13(28-2)6-4-12;4-2-1-3-5/h3-11H,1-2H3,(H,23,25);1-5H2. The number of hydrogen-bond donors (Lipinski definition) is 3. The summed E-state index contributed by atoms with van der Waals surface area (Å²) in [6, 6.07) is 10.7.